The Kier molecular flexibility index (Phi) is 7.41. The first-order chi connectivity index (χ1) is 14.8. The number of nitrogens with one attached hydrogen (secondary N) is 1. The number of rotatable bonds is 7. The number of hydrogen-bond donors (Lipinski definition) is 1. The molecule has 1 saturated heterocycles. The Morgan fingerprint density at radius 2 is 1.61 bits per heavy atom. The Labute approximate surface area is 184 Å². The standard InChI is InChI=1S/C24H32N4O3/c1-17(2)27(18(3)4)24(29)20-10-8-19(9-11-20)23(26-14-12-25-13-15-26)21-6-5-7-22(16-21)28(30)31/h5-11,16-18,23,25H,12-15H2,1-4H3. The lowest BCUT2D eigenvalue weighted by atomic mass is 9.95. The van der Waals surface area contributed by atoms with Crippen LogP contribution in [-0.4, -0.2) is 58.9 Å². The van der Waals surface area contributed by atoms with Crippen molar-refractivity contribution in [1.82, 2.24) is 15.1 Å². The first-order valence-corrected chi connectivity index (χ1v) is 10.9. The van der Waals surface area contributed by atoms with Crippen LogP contribution >= 0.6 is 0 Å². The van der Waals surface area contributed by atoms with Gasteiger partial charge in [0.15, 0.2) is 0 Å². The van der Waals surface area contributed by atoms with Gasteiger partial charge in [0.05, 0.1) is 11.0 Å². The molecule has 1 amide bonds. The summed E-state index contributed by atoms with van der Waals surface area (Å²) in [6.45, 7) is 11.5. The monoisotopic (exact) mass is 424 g/mol. The molecule has 1 N–H and O–H groups in total. The summed E-state index contributed by atoms with van der Waals surface area (Å²) in [7, 11) is 0. The number of benzene rings is 2. The van der Waals surface area contributed by atoms with Gasteiger partial charge in [-0.1, -0.05) is 24.3 Å². The third-order valence-corrected chi connectivity index (χ3v) is 5.73. The van der Waals surface area contributed by atoms with E-state index in [2.05, 4.69) is 10.2 Å². The van der Waals surface area contributed by atoms with Crippen molar-refractivity contribution >= 4 is 11.6 Å². The molecule has 0 bridgehead atoms. The van der Waals surface area contributed by atoms with Crippen LogP contribution in [0.1, 0.15) is 55.2 Å². The molecule has 0 aliphatic carbocycles. The molecular weight excluding hydrogens is 392 g/mol. The van der Waals surface area contributed by atoms with E-state index in [1.54, 1.807) is 12.1 Å². The minimum Gasteiger partial charge on any atom is -0.334 e. The fourth-order valence-electron chi connectivity index (χ4n) is 4.39. The zero-order valence-electron chi connectivity index (χ0n) is 18.7. The van der Waals surface area contributed by atoms with E-state index in [0.29, 0.717) is 5.56 Å². The largest absolute Gasteiger partial charge is 0.334 e. The van der Waals surface area contributed by atoms with Gasteiger partial charge in [-0.3, -0.25) is 19.8 Å². The van der Waals surface area contributed by atoms with E-state index in [-0.39, 0.29) is 34.6 Å². The fraction of sp³-hybridized carbons (Fsp3) is 0.458. The van der Waals surface area contributed by atoms with Crippen molar-refractivity contribution in [3.8, 4) is 0 Å². The minimum absolute atomic E-state index is 0.0191. The number of non-ortho nitro benzene ring substituents is 1. The van der Waals surface area contributed by atoms with Gasteiger partial charge in [0.1, 0.15) is 0 Å². The van der Waals surface area contributed by atoms with Crippen LogP contribution in [0.15, 0.2) is 48.5 Å². The highest BCUT2D eigenvalue weighted by Crippen LogP contribution is 2.31. The number of nitro groups is 1. The van der Waals surface area contributed by atoms with Crippen molar-refractivity contribution in [3.63, 3.8) is 0 Å². The molecular formula is C24H32N4O3. The van der Waals surface area contributed by atoms with Crippen LogP contribution in [0.3, 0.4) is 0 Å². The normalized spacial score (nSPS) is 15.8. The quantitative estimate of drug-likeness (QED) is 0.540. The highest BCUT2D eigenvalue weighted by molar-refractivity contribution is 5.94. The Balaban J connectivity index is 1.95. The first kappa shape index (κ1) is 22.9. The molecule has 1 unspecified atom stereocenters. The highest BCUT2D eigenvalue weighted by atomic mass is 16.6. The van der Waals surface area contributed by atoms with Crippen LogP contribution in [0.5, 0.6) is 0 Å². The van der Waals surface area contributed by atoms with Gasteiger partial charge in [-0.15, -0.1) is 0 Å². The number of nitro benzene ring substituents is 1. The number of amides is 1. The molecule has 1 aliphatic heterocycles. The molecule has 3 rings (SSSR count). The second-order valence-electron chi connectivity index (χ2n) is 8.56. The van der Waals surface area contributed by atoms with Crippen LogP contribution in [0, 0.1) is 10.1 Å². The topological polar surface area (TPSA) is 78.7 Å². The first-order valence-electron chi connectivity index (χ1n) is 10.9. The summed E-state index contributed by atoms with van der Waals surface area (Å²) in [6, 6.07) is 14.7. The second-order valence-corrected chi connectivity index (χ2v) is 8.56. The van der Waals surface area contributed by atoms with Gasteiger partial charge in [-0.05, 0) is 51.0 Å². The number of carbonyl (C=O) groups excluding carboxylic acids is 1. The van der Waals surface area contributed by atoms with E-state index in [1.807, 2.05) is 62.9 Å². The molecule has 0 spiro atoms. The fourth-order valence-corrected chi connectivity index (χ4v) is 4.39. The molecule has 166 valence electrons. The van der Waals surface area contributed by atoms with Crippen LogP contribution in [0.25, 0.3) is 0 Å². The van der Waals surface area contributed by atoms with Crippen LogP contribution in [0.2, 0.25) is 0 Å². The summed E-state index contributed by atoms with van der Waals surface area (Å²) in [6.07, 6.45) is 0. The summed E-state index contributed by atoms with van der Waals surface area (Å²) in [5.41, 5.74) is 2.67. The summed E-state index contributed by atoms with van der Waals surface area (Å²) >= 11 is 0. The number of nitrogens with zero attached hydrogens (tertiary/aromatic N) is 3. The summed E-state index contributed by atoms with van der Waals surface area (Å²) in [4.78, 5) is 28.2. The van der Waals surface area contributed by atoms with E-state index in [0.717, 1.165) is 37.3 Å². The molecule has 2 aromatic rings. The Hall–Kier alpha value is -2.77. The maximum atomic E-state index is 13.0. The number of carbonyl (C=O) groups is 1. The highest BCUT2D eigenvalue weighted by Gasteiger charge is 2.26. The Bertz CT molecular complexity index is 897. The van der Waals surface area contributed by atoms with Crippen LogP contribution in [0.4, 0.5) is 5.69 Å². The van der Waals surface area contributed by atoms with E-state index >= 15 is 0 Å². The molecule has 1 aliphatic rings. The second kappa shape index (κ2) is 10.0. The molecule has 0 aromatic heterocycles. The molecule has 2 aromatic carbocycles. The van der Waals surface area contributed by atoms with Crippen molar-refractivity contribution < 1.29 is 9.72 Å². The maximum absolute atomic E-state index is 13.0. The number of hydrogen-bond acceptors (Lipinski definition) is 5. The zero-order chi connectivity index (χ0) is 22.5. The molecule has 1 fully saturated rings. The van der Waals surface area contributed by atoms with Crippen molar-refractivity contribution in [2.45, 2.75) is 45.8 Å². The van der Waals surface area contributed by atoms with Gasteiger partial charge in [0.2, 0.25) is 0 Å². The van der Waals surface area contributed by atoms with Gasteiger partial charge >= 0.3 is 0 Å². The van der Waals surface area contributed by atoms with Crippen molar-refractivity contribution in [1.29, 1.82) is 0 Å². The van der Waals surface area contributed by atoms with Gasteiger partial charge in [-0.25, -0.2) is 0 Å². The van der Waals surface area contributed by atoms with Gasteiger partial charge in [0.25, 0.3) is 11.6 Å². The molecule has 7 heteroatoms. The third-order valence-electron chi connectivity index (χ3n) is 5.73. The molecule has 1 atom stereocenters. The summed E-state index contributed by atoms with van der Waals surface area (Å²) in [5.74, 6) is 0.0191. The lowest BCUT2D eigenvalue weighted by Gasteiger charge is -2.35. The smallest absolute Gasteiger partial charge is 0.269 e. The maximum Gasteiger partial charge on any atom is 0.269 e. The Morgan fingerprint density at radius 3 is 2.16 bits per heavy atom. The predicted octanol–water partition coefficient (Wildman–Crippen LogP) is 3.85. The van der Waals surface area contributed by atoms with Crippen LogP contribution in [-0.2, 0) is 0 Å². The summed E-state index contributed by atoms with van der Waals surface area (Å²) < 4.78 is 0. The SMILES string of the molecule is CC(C)N(C(=O)c1ccc(C(c2cccc([N+](=O)[O-])c2)N2CCNCC2)cc1)C(C)C. The van der Waals surface area contributed by atoms with Gasteiger partial charge < -0.3 is 10.2 Å². The molecule has 31 heavy (non-hydrogen) atoms. The van der Waals surface area contributed by atoms with Crippen molar-refractivity contribution in [2.75, 3.05) is 26.2 Å². The predicted molar refractivity (Wildman–Crippen MR) is 122 cm³/mol. The number of piperazine rings is 1. The summed E-state index contributed by atoms with van der Waals surface area (Å²) in [5, 5.41) is 14.7. The van der Waals surface area contributed by atoms with Gasteiger partial charge in [-0.2, -0.15) is 0 Å². The molecule has 0 radical (unpaired) electrons. The third kappa shape index (κ3) is 5.29. The van der Waals surface area contributed by atoms with E-state index in [1.165, 1.54) is 6.07 Å². The van der Waals surface area contributed by atoms with E-state index < -0.39 is 0 Å². The molecule has 7 nitrogen and oxygen atoms in total. The zero-order valence-corrected chi connectivity index (χ0v) is 18.7. The lowest BCUT2D eigenvalue weighted by Crippen LogP contribution is -2.45. The lowest BCUT2D eigenvalue weighted by molar-refractivity contribution is -0.384. The Morgan fingerprint density at radius 1 is 1.00 bits per heavy atom. The van der Waals surface area contributed by atoms with E-state index in [4.69, 9.17) is 0 Å². The van der Waals surface area contributed by atoms with E-state index in [9.17, 15) is 14.9 Å². The average Bonchev–Trinajstić information content (AvgIpc) is 2.75. The molecule has 1 heterocycles. The van der Waals surface area contributed by atoms with Crippen molar-refractivity contribution in [2.24, 2.45) is 0 Å². The minimum atomic E-state index is -0.355. The molecule has 0 saturated carbocycles. The van der Waals surface area contributed by atoms with Crippen LogP contribution < -0.4 is 5.32 Å². The van der Waals surface area contributed by atoms with Gasteiger partial charge in [0, 0.05) is 56.0 Å². The average molecular weight is 425 g/mol. The van der Waals surface area contributed by atoms with Crippen molar-refractivity contribution in [3.05, 3.63) is 75.3 Å².